The molecular formula is C10H22N2. The molecule has 1 N–H and O–H groups in total. The minimum atomic E-state index is 0.286. The number of amidine groups is 1. The maximum atomic E-state index is 7.70. The summed E-state index contributed by atoms with van der Waals surface area (Å²) in [6.07, 6.45) is 1.96. The molecule has 2 nitrogen and oxygen atoms in total. The van der Waals surface area contributed by atoms with E-state index in [1.807, 2.05) is 11.9 Å². The summed E-state index contributed by atoms with van der Waals surface area (Å²) in [7, 11) is 2.00. The number of nitrogens with zero attached hydrogens (tertiary/aromatic N) is 1. The van der Waals surface area contributed by atoms with Crippen molar-refractivity contribution in [1.29, 1.82) is 5.41 Å². The van der Waals surface area contributed by atoms with Crippen molar-refractivity contribution in [2.24, 2.45) is 5.41 Å². The van der Waals surface area contributed by atoms with E-state index in [1.165, 1.54) is 0 Å². The lowest BCUT2D eigenvalue weighted by Crippen LogP contribution is -2.33. The molecule has 0 amide bonds. The Hall–Kier alpha value is -0.530. The van der Waals surface area contributed by atoms with Gasteiger partial charge in [-0.2, -0.15) is 0 Å². The molecular weight excluding hydrogens is 148 g/mol. The van der Waals surface area contributed by atoms with E-state index < -0.39 is 0 Å². The van der Waals surface area contributed by atoms with Crippen LogP contribution in [0.3, 0.4) is 0 Å². The molecule has 0 saturated heterocycles. The third-order valence-electron chi connectivity index (χ3n) is 1.66. The van der Waals surface area contributed by atoms with Gasteiger partial charge in [0.05, 0.1) is 5.84 Å². The van der Waals surface area contributed by atoms with Crippen LogP contribution in [0.5, 0.6) is 0 Å². The second-order valence-corrected chi connectivity index (χ2v) is 4.61. The third-order valence-corrected chi connectivity index (χ3v) is 1.66. The van der Waals surface area contributed by atoms with Gasteiger partial charge in [0.15, 0.2) is 0 Å². The van der Waals surface area contributed by atoms with Crippen LogP contribution >= 0.6 is 0 Å². The molecule has 0 heterocycles. The Morgan fingerprint density at radius 3 is 2.17 bits per heavy atom. The van der Waals surface area contributed by atoms with Gasteiger partial charge < -0.3 is 4.90 Å². The number of rotatable bonds is 3. The summed E-state index contributed by atoms with van der Waals surface area (Å²) >= 11 is 0. The molecule has 0 aliphatic carbocycles. The molecule has 0 rings (SSSR count). The minimum absolute atomic E-state index is 0.286. The first-order valence-corrected chi connectivity index (χ1v) is 4.65. The van der Waals surface area contributed by atoms with Crippen molar-refractivity contribution in [3.63, 3.8) is 0 Å². The minimum Gasteiger partial charge on any atom is -0.363 e. The SMILES string of the molecule is CCCC(=N)N(C)CC(C)(C)C. The van der Waals surface area contributed by atoms with Crippen LogP contribution in [0.4, 0.5) is 0 Å². The van der Waals surface area contributed by atoms with E-state index in [-0.39, 0.29) is 5.41 Å². The maximum Gasteiger partial charge on any atom is 0.0955 e. The largest absolute Gasteiger partial charge is 0.363 e. The van der Waals surface area contributed by atoms with Crippen molar-refractivity contribution >= 4 is 5.84 Å². The first-order valence-electron chi connectivity index (χ1n) is 4.65. The van der Waals surface area contributed by atoms with E-state index in [0.717, 1.165) is 25.2 Å². The molecule has 0 unspecified atom stereocenters. The predicted octanol–water partition coefficient (Wildman–Crippen LogP) is 2.74. The van der Waals surface area contributed by atoms with Gasteiger partial charge in [0.2, 0.25) is 0 Å². The standard InChI is InChI=1S/C10H22N2/c1-6-7-9(11)12(5)8-10(2,3)4/h11H,6-8H2,1-5H3. The van der Waals surface area contributed by atoms with Crippen LogP contribution in [0.2, 0.25) is 0 Å². The fourth-order valence-corrected chi connectivity index (χ4v) is 1.23. The quantitative estimate of drug-likeness (QED) is 0.512. The molecule has 0 bridgehead atoms. The lowest BCUT2D eigenvalue weighted by atomic mass is 9.96. The van der Waals surface area contributed by atoms with Crippen molar-refractivity contribution in [1.82, 2.24) is 4.90 Å². The van der Waals surface area contributed by atoms with Crippen molar-refractivity contribution in [3.8, 4) is 0 Å². The maximum absolute atomic E-state index is 7.70. The third kappa shape index (κ3) is 5.16. The van der Waals surface area contributed by atoms with Gasteiger partial charge >= 0.3 is 0 Å². The second-order valence-electron chi connectivity index (χ2n) is 4.61. The van der Waals surface area contributed by atoms with E-state index in [4.69, 9.17) is 5.41 Å². The van der Waals surface area contributed by atoms with Gasteiger partial charge in [-0.15, -0.1) is 0 Å². The monoisotopic (exact) mass is 170 g/mol. The van der Waals surface area contributed by atoms with Crippen LogP contribution in [0, 0.1) is 10.8 Å². The highest BCUT2D eigenvalue weighted by atomic mass is 15.1. The molecule has 12 heavy (non-hydrogen) atoms. The summed E-state index contributed by atoms with van der Waals surface area (Å²) in [5.41, 5.74) is 0.286. The molecule has 0 radical (unpaired) electrons. The highest BCUT2D eigenvalue weighted by Gasteiger charge is 2.14. The van der Waals surface area contributed by atoms with Gasteiger partial charge in [0, 0.05) is 20.0 Å². The first kappa shape index (κ1) is 11.5. The van der Waals surface area contributed by atoms with Crippen LogP contribution in [0.25, 0.3) is 0 Å². The molecule has 0 aromatic carbocycles. The topological polar surface area (TPSA) is 27.1 Å². The molecule has 0 aliphatic heterocycles. The lowest BCUT2D eigenvalue weighted by molar-refractivity contribution is 0.301. The van der Waals surface area contributed by atoms with E-state index in [0.29, 0.717) is 0 Å². The fraction of sp³-hybridized carbons (Fsp3) is 0.900. The zero-order chi connectivity index (χ0) is 9.78. The summed E-state index contributed by atoms with van der Waals surface area (Å²) < 4.78 is 0. The van der Waals surface area contributed by atoms with Gasteiger partial charge in [-0.1, -0.05) is 27.7 Å². The van der Waals surface area contributed by atoms with Gasteiger partial charge in [0.25, 0.3) is 0 Å². The molecule has 0 saturated carbocycles. The zero-order valence-corrected chi connectivity index (χ0v) is 9.07. The molecule has 0 aliphatic rings. The van der Waals surface area contributed by atoms with E-state index >= 15 is 0 Å². The van der Waals surface area contributed by atoms with Gasteiger partial charge in [-0.25, -0.2) is 0 Å². The Balaban J connectivity index is 3.87. The van der Waals surface area contributed by atoms with Crippen molar-refractivity contribution in [3.05, 3.63) is 0 Å². The Labute approximate surface area is 76.5 Å². The Morgan fingerprint density at radius 1 is 1.33 bits per heavy atom. The van der Waals surface area contributed by atoms with E-state index in [1.54, 1.807) is 0 Å². The first-order chi connectivity index (χ1) is 5.37. The van der Waals surface area contributed by atoms with Gasteiger partial charge in [0.1, 0.15) is 0 Å². The Bertz CT molecular complexity index is 144. The molecule has 0 fully saturated rings. The van der Waals surface area contributed by atoms with Crippen LogP contribution in [0.15, 0.2) is 0 Å². The smallest absolute Gasteiger partial charge is 0.0955 e. The Kier molecular flexibility index (Phi) is 4.29. The Morgan fingerprint density at radius 2 is 1.83 bits per heavy atom. The summed E-state index contributed by atoms with van der Waals surface area (Å²) in [5, 5.41) is 7.70. The molecule has 0 atom stereocenters. The highest BCUT2D eigenvalue weighted by molar-refractivity contribution is 5.78. The van der Waals surface area contributed by atoms with Crippen LogP contribution in [0.1, 0.15) is 40.5 Å². The number of hydrogen-bond acceptors (Lipinski definition) is 1. The normalized spacial score (nSPS) is 11.4. The van der Waals surface area contributed by atoms with Gasteiger partial charge in [-0.3, -0.25) is 5.41 Å². The second kappa shape index (κ2) is 4.48. The van der Waals surface area contributed by atoms with Crippen molar-refractivity contribution < 1.29 is 0 Å². The number of hydrogen-bond donors (Lipinski definition) is 1. The van der Waals surface area contributed by atoms with Crippen LogP contribution < -0.4 is 0 Å². The van der Waals surface area contributed by atoms with Crippen molar-refractivity contribution in [2.45, 2.75) is 40.5 Å². The molecule has 2 heteroatoms. The summed E-state index contributed by atoms with van der Waals surface area (Å²) in [6, 6.07) is 0. The van der Waals surface area contributed by atoms with Crippen molar-refractivity contribution in [2.75, 3.05) is 13.6 Å². The van der Waals surface area contributed by atoms with Crippen LogP contribution in [-0.4, -0.2) is 24.3 Å². The molecule has 0 spiro atoms. The molecule has 0 aromatic heterocycles. The predicted molar refractivity (Wildman–Crippen MR) is 54.7 cm³/mol. The lowest BCUT2D eigenvalue weighted by Gasteiger charge is -2.28. The molecule has 0 aromatic rings. The number of nitrogens with one attached hydrogen (secondary N) is 1. The van der Waals surface area contributed by atoms with Gasteiger partial charge in [-0.05, 0) is 11.8 Å². The average molecular weight is 170 g/mol. The molecule has 72 valence electrons. The van der Waals surface area contributed by atoms with E-state index in [9.17, 15) is 0 Å². The van der Waals surface area contributed by atoms with Crippen LogP contribution in [-0.2, 0) is 0 Å². The summed E-state index contributed by atoms with van der Waals surface area (Å²) in [6.45, 7) is 9.67. The van der Waals surface area contributed by atoms with E-state index in [2.05, 4.69) is 27.7 Å². The fourth-order valence-electron chi connectivity index (χ4n) is 1.23. The summed E-state index contributed by atoms with van der Waals surface area (Å²) in [5.74, 6) is 0.757. The highest BCUT2D eigenvalue weighted by Crippen LogP contribution is 2.14. The zero-order valence-electron chi connectivity index (χ0n) is 9.07. The summed E-state index contributed by atoms with van der Waals surface area (Å²) in [4.78, 5) is 2.05. The average Bonchev–Trinajstić information content (AvgIpc) is 1.84.